The Morgan fingerprint density at radius 1 is 1.44 bits per heavy atom. The number of carbonyl (C=O) groups excluding carboxylic acids is 2. The Kier molecular flexibility index (Phi) is 5.79. The van der Waals surface area contributed by atoms with Crippen molar-refractivity contribution in [2.75, 3.05) is 19.6 Å². The monoisotopic (exact) mass is 254 g/mol. The van der Waals surface area contributed by atoms with Crippen molar-refractivity contribution in [3.8, 4) is 0 Å². The first-order valence-corrected chi connectivity index (χ1v) is 6.98. The molecule has 1 amide bonds. The van der Waals surface area contributed by atoms with Crippen LogP contribution in [0.25, 0.3) is 0 Å². The minimum atomic E-state index is 0.0698. The molecule has 0 aromatic heterocycles. The zero-order valence-corrected chi connectivity index (χ0v) is 12.0. The summed E-state index contributed by atoms with van der Waals surface area (Å²) in [6, 6.07) is 0.200. The van der Waals surface area contributed by atoms with Crippen molar-refractivity contribution < 1.29 is 9.59 Å². The molecule has 1 fully saturated rings. The topological polar surface area (TPSA) is 49.4 Å². The van der Waals surface area contributed by atoms with Gasteiger partial charge in [0.25, 0.3) is 0 Å². The van der Waals surface area contributed by atoms with Crippen molar-refractivity contribution in [3.05, 3.63) is 0 Å². The molecule has 1 heterocycles. The Morgan fingerprint density at radius 3 is 2.67 bits per heavy atom. The maximum absolute atomic E-state index is 11.9. The van der Waals surface area contributed by atoms with Crippen molar-refractivity contribution in [3.63, 3.8) is 0 Å². The molecule has 18 heavy (non-hydrogen) atoms. The number of nitrogens with one attached hydrogen (secondary N) is 1. The lowest BCUT2D eigenvalue weighted by Crippen LogP contribution is -2.47. The molecule has 0 aromatic rings. The molecular weight excluding hydrogens is 228 g/mol. The standard InChI is InChI=1S/C14H26N2O2/c1-5-12-8-16(7-6-13(12)17)9-14(18)15-11(4)10(2)3/h10-12H,5-9H2,1-4H3,(H,15,18). The molecule has 2 unspecified atom stereocenters. The number of hydrogen-bond donors (Lipinski definition) is 1. The van der Waals surface area contributed by atoms with Gasteiger partial charge in [0.2, 0.25) is 5.91 Å². The van der Waals surface area contributed by atoms with Crippen LogP contribution in [-0.4, -0.2) is 42.3 Å². The van der Waals surface area contributed by atoms with Gasteiger partial charge >= 0.3 is 0 Å². The molecule has 104 valence electrons. The van der Waals surface area contributed by atoms with Crippen LogP contribution in [0, 0.1) is 11.8 Å². The van der Waals surface area contributed by atoms with E-state index < -0.39 is 0 Å². The molecule has 0 spiro atoms. The predicted molar refractivity (Wildman–Crippen MR) is 72.3 cm³/mol. The van der Waals surface area contributed by atoms with Gasteiger partial charge < -0.3 is 5.32 Å². The van der Waals surface area contributed by atoms with Gasteiger partial charge in [0, 0.05) is 31.5 Å². The van der Waals surface area contributed by atoms with Gasteiger partial charge in [0.15, 0.2) is 0 Å². The van der Waals surface area contributed by atoms with E-state index in [0.717, 1.165) is 19.5 Å². The van der Waals surface area contributed by atoms with Crippen LogP contribution in [0.1, 0.15) is 40.5 Å². The molecular formula is C14H26N2O2. The number of carbonyl (C=O) groups is 2. The molecule has 1 aliphatic heterocycles. The first-order valence-electron chi connectivity index (χ1n) is 6.98. The normalized spacial score (nSPS) is 23.2. The first kappa shape index (κ1) is 15.2. The van der Waals surface area contributed by atoms with E-state index in [-0.39, 0.29) is 17.9 Å². The highest BCUT2D eigenvalue weighted by molar-refractivity contribution is 5.83. The maximum Gasteiger partial charge on any atom is 0.234 e. The average Bonchev–Trinajstić information content (AvgIpc) is 2.31. The molecule has 1 N–H and O–H groups in total. The molecule has 0 bridgehead atoms. The van der Waals surface area contributed by atoms with Crippen molar-refractivity contribution in [2.45, 2.75) is 46.6 Å². The molecule has 0 aromatic carbocycles. The van der Waals surface area contributed by atoms with Gasteiger partial charge in [-0.3, -0.25) is 14.5 Å². The van der Waals surface area contributed by atoms with Gasteiger partial charge in [-0.1, -0.05) is 20.8 Å². The van der Waals surface area contributed by atoms with Crippen LogP contribution in [0.2, 0.25) is 0 Å². The Balaban J connectivity index is 2.38. The lowest BCUT2D eigenvalue weighted by atomic mass is 9.94. The summed E-state index contributed by atoms with van der Waals surface area (Å²) in [5.41, 5.74) is 0. The Bertz CT molecular complexity index is 302. The van der Waals surface area contributed by atoms with Crippen molar-refractivity contribution in [1.29, 1.82) is 0 Å². The number of likely N-dealkylation sites (tertiary alicyclic amines) is 1. The highest BCUT2D eigenvalue weighted by Crippen LogP contribution is 2.15. The second-order valence-electron chi connectivity index (χ2n) is 5.66. The molecule has 1 rings (SSSR count). The van der Waals surface area contributed by atoms with Gasteiger partial charge in [0.05, 0.1) is 6.54 Å². The third-order valence-corrected chi connectivity index (χ3v) is 3.86. The minimum Gasteiger partial charge on any atom is -0.352 e. The number of nitrogens with zero attached hydrogens (tertiary/aromatic N) is 1. The van der Waals surface area contributed by atoms with Crippen molar-refractivity contribution in [2.24, 2.45) is 11.8 Å². The average molecular weight is 254 g/mol. The Morgan fingerprint density at radius 2 is 2.11 bits per heavy atom. The van der Waals surface area contributed by atoms with Crippen LogP contribution >= 0.6 is 0 Å². The first-order chi connectivity index (χ1) is 8.43. The van der Waals surface area contributed by atoms with E-state index in [2.05, 4.69) is 24.1 Å². The summed E-state index contributed by atoms with van der Waals surface area (Å²) < 4.78 is 0. The van der Waals surface area contributed by atoms with E-state index in [9.17, 15) is 9.59 Å². The summed E-state index contributed by atoms with van der Waals surface area (Å²) in [5, 5.41) is 3.01. The highest BCUT2D eigenvalue weighted by atomic mass is 16.2. The van der Waals surface area contributed by atoms with Gasteiger partial charge in [0.1, 0.15) is 5.78 Å². The fourth-order valence-electron chi connectivity index (χ4n) is 2.15. The zero-order chi connectivity index (χ0) is 13.7. The SMILES string of the molecule is CCC1CN(CC(=O)NC(C)C(C)C)CCC1=O. The second-order valence-corrected chi connectivity index (χ2v) is 5.66. The summed E-state index contributed by atoms with van der Waals surface area (Å²) >= 11 is 0. The van der Waals surface area contributed by atoms with Crippen LogP contribution in [-0.2, 0) is 9.59 Å². The van der Waals surface area contributed by atoms with Crippen LogP contribution < -0.4 is 5.32 Å². The van der Waals surface area contributed by atoms with Crippen LogP contribution in [0.4, 0.5) is 0 Å². The minimum absolute atomic E-state index is 0.0698. The van der Waals surface area contributed by atoms with Crippen molar-refractivity contribution in [1.82, 2.24) is 10.2 Å². The molecule has 2 atom stereocenters. The summed E-state index contributed by atoms with van der Waals surface area (Å²) in [4.78, 5) is 25.6. The molecule has 4 nitrogen and oxygen atoms in total. The fourth-order valence-corrected chi connectivity index (χ4v) is 2.15. The summed E-state index contributed by atoms with van der Waals surface area (Å²) in [7, 11) is 0. The second kappa shape index (κ2) is 6.88. The van der Waals surface area contributed by atoms with E-state index >= 15 is 0 Å². The smallest absolute Gasteiger partial charge is 0.234 e. The largest absolute Gasteiger partial charge is 0.352 e. The van der Waals surface area contributed by atoms with Gasteiger partial charge in [-0.15, -0.1) is 0 Å². The third-order valence-electron chi connectivity index (χ3n) is 3.86. The molecule has 0 saturated carbocycles. The highest BCUT2D eigenvalue weighted by Gasteiger charge is 2.26. The van der Waals surface area contributed by atoms with E-state index in [4.69, 9.17) is 0 Å². The quantitative estimate of drug-likeness (QED) is 0.808. The summed E-state index contributed by atoms with van der Waals surface area (Å²) in [5.74, 6) is 0.986. The fraction of sp³-hybridized carbons (Fsp3) is 0.857. The van der Waals surface area contributed by atoms with Crippen molar-refractivity contribution >= 4 is 11.7 Å². The third kappa shape index (κ3) is 4.41. The van der Waals surface area contributed by atoms with Crippen LogP contribution in [0.15, 0.2) is 0 Å². The zero-order valence-electron chi connectivity index (χ0n) is 12.0. The number of rotatable bonds is 5. The van der Waals surface area contributed by atoms with E-state index in [1.807, 2.05) is 13.8 Å². The Labute approximate surface area is 110 Å². The van der Waals surface area contributed by atoms with Crippen LogP contribution in [0.3, 0.4) is 0 Å². The molecule has 0 aliphatic carbocycles. The summed E-state index contributed by atoms with van der Waals surface area (Å²) in [6.45, 7) is 10.1. The maximum atomic E-state index is 11.9. The number of Topliss-reactive ketones (excluding diaryl/α,β-unsaturated/α-hetero) is 1. The molecule has 1 saturated heterocycles. The lowest BCUT2D eigenvalue weighted by Gasteiger charge is -2.31. The predicted octanol–water partition coefficient (Wildman–Crippen LogP) is 1.45. The van der Waals surface area contributed by atoms with Gasteiger partial charge in [-0.05, 0) is 19.3 Å². The number of amides is 1. The van der Waals surface area contributed by atoms with Gasteiger partial charge in [-0.25, -0.2) is 0 Å². The van der Waals surface area contributed by atoms with E-state index in [1.54, 1.807) is 0 Å². The molecule has 4 heteroatoms. The number of hydrogen-bond acceptors (Lipinski definition) is 3. The van der Waals surface area contributed by atoms with E-state index in [1.165, 1.54) is 0 Å². The van der Waals surface area contributed by atoms with Gasteiger partial charge in [-0.2, -0.15) is 0 Å². The number of piperidine rings is 1. The molecule has 0 radical (unpaired) electrons. The van der Waals surface area contributed by atoms with Crippen LogP contribution in [0.5, 0.6) is 0 Å². The number of ketones is 1. The Hall–Kier alpha value is -0.900. The summed E-state index contributed by atoms with van der Waals surface area (Å²) in [6.07, 6.45) is 1.46. The van der Waals surface area contributed by atoms with E-state index in [0.29, 0.717) is 24.7 Å². The molecule has 1 aliphatic rings. The lowest BCUT2D eigenvalue weighted by molar-refractivity contribution is -0.130.